The Hall–Kier alpha value is -1.10. The summed E-state index contributed by atoms with van der Waals surface area (Å²) in [6.45, 7) is 5.14. The van der Waals surface area contributed by atoms with Gasteiger partial charge in [0.05, 0.1) is 6.54 Å². The van der Waals surface area contributed by atoms with E-state index in [9.17, 15) is 0 Å². The molecule has 3 rings (SSSR count). The van der Waals surface area contributed by atoms with E-state index in [4.69, 9.17) is 10.2 Å². The number of nitrogens with zero attached hydrogens (tertiary/aromatic N) is 1. The fraction of sp³-hybridized carbons (Fsp3) is 0.412. The van der Waals surface area contributed by atoms with Gasteiger partial charge in [-0.1, -0.05) is 35.0 Å². The summed E-state index contributed by atoms with van der Waals surface area (Å²) in [5, 5.41) is 0. The minimum absolute atomic E-state index is 0.277. The average molecular weight is 349 g/mol. The molecule has 0 spiro atoms. The molecule has 1 saturated heterocycles. The minimum Gasteiger partial charge on any atom is -0.460 e. The van der Waals surface area contributed by atoms with E-state index < -0.39 is 0 Å². The van der Waals surface area contributed by atoms with E-state index in [-0.39, 0.29) is 6.04 Å². The summed E-state index contributed by atoms with van der Waals surface area (Å²) in [6.07, 6.45) is 1.17. The Balaban J connectivity index is 1.66. The lowest BCUT2D eigenvalue weighted by Gasteiger charge is -2.34. The summed E-state index contributed by atoms with van der Waals surface area (Å²) in [5.74, 6) is 2.55. The first-order chi connectivity index (χ1) is 10.1. The number of rotatable bonds is 3. The lowest BCUT2D eigenvalue weighted by atomic mass is 9.94. The number of likely N-dealkylation sites (tertiary alicyclic amines) is 1. The van der Waals surface area contributed by atoms with E-state index in [0.717, 1.165) is 41.2 Å². The third kappa shape index (κ3) is 3.57. The minimum atomic E-state index is 0.277. The van der Waals surface area contributed by atoms with Crippen LogP contribution in [0.25, 0.3) is 11.3 Å². The van der Waals surface area contributed by atoms with Crippen LogP contribution in [-0.4, -0.2) is 24.0 Å². The largest absolute Gasteiger partial charge is 0.460 e. The van der Waals surface area contributed by atoms with Crippen LogP contribution in [0, 0.1) is 5.92 Å². The van der Waals surface area contributed by atoms with Crippen LogP contribution >= 0.6 is 15.9 Å². The van der Waals surface area contributed by atoms with Gasteiger partial charge in [-0.3, -0.25) is 4.90 Å². The highest BCUT2D eigenvalue weighted by molar-refractivity contribution is 9.10. The quantitative estimate of drug-likeness (QED) is 0.915. The third-order valence-corrected chi connectivity index (χ3v) is 4.80. The molecule has 112 valence electrons. The number of piperidine rings is 1. The maximum atomic E-state index is 6.16. The van der Waals surface area contributed by atoms with Crippen molar-refractivity contribution in [3.05, 3.63) is 46.6 Å². The van der Waals surface area contributed by atoms with Gasteiger partial charge in [0.25, 0.3) is 0 Å². The lowest BCUT2D eigenvalue weighted by Crippen LogP contribution is -2.47. The molecule has 0 bridgehead atoms. The number of furan rings is 1. The maximum Gasteiger partial charge on any atom is 0.134 e. The Bertz CT molecular complexity index is 593. The zero-order chi connectivity index (χ0) is 14.8. The normalized spacial score (nSPS) is 23.4. The van der Waals surface area contributed by atoms with Crippen molar-refractivity contribution in [2.75, 3.05) is 13.1 Å². The smallest absolute Gasteiger partial charge is 0.134 e. The highest BCUT2D eigenvalue weighted by atomic mass is 79.9. The van der Waals surface area contributed by atoms with Gasteiger partial charge in [-0.05, 0) is 43.1 Å². The zero-order valence-corrected chi connectivity index (χ0v) is 13.8. The summed E-state index contributed by atoms with van der Waals surface area (Å²) in [4.78, 5) is 2.38. The molecule has 0 saturated carbocycles. The summed E-state index contributed by atoms with van der Waals surface area (Å²) in [5.41, 5.74) is 7.26. The highest BCUT2D eigenvalue weighted by Crippen LogP contribution is 2.25. The Morgan fingerprint density at radius 3 is 2.71 bits per heavy atom. The Morgan fingerprint density at radius 1 is 1.24 bits per heavy atom. The fourth-order valence-corrected chi connectivity index (χ4v) is 3.03. The van der Waals surface area contributed by atoms with Crippen LogP contribution < -0.4 is 5.73 Å². The standard InChI is InChI=1S/C17H21BrN2O/c1-12-8-9-20(11-16(12)19)10-15-6-7-17(21-15)13-2-4-14(18)5-3-13/h2-7,12,16H,8-11,19H2,1H3. The molecule has 0 aliphatic carbocycles. The molecule has 1 aromatic carbocycles. The van der Waals surface area contributed by atoms with Crippen molar-refractivity contribution in [3.63, 3.8) is 0 Å². The molecule has 2 N–H and O–H groups in total. The number of benzene rings is 1. The van der Waals surface area contributed by atoms with Crippen molar-refractivity contribution in [2.24, 2.45) is 11.7 Å². The van der Waals surface area contributed by atoms with Gasteiger partial charge in [-0.25, -0.2) is 0 Å². The van der Waals surface area contributed by atoms with Crippen molar-refractivity contribution in [2.45, 2.75) is 25.9 Å². The molecular formula is C17H21BrN2O. The van der Waals surface area contributed by atoms with Gasteiger partial charge in [0.2, 0.25) is 0 Å². The molecule has 1 aliphatic heterocycles. The van der Waals surface area contributed by atoms with Crippen molar-refractivity contribution < 1.29 is 4.42 Å². The van der Waals surface area contributed by atoms with E-state index in [2.05, 4.69) is 46.0 Å². The second kappa shape index (κ2) is 6.34. The van der Waals surface area contributed by atoms with Crippen LogP contribution in [0.1, 0.15) is 19.1 Å². The SMILES string of the molecule is CC1CCN(Cc2ccc(-c3ccc(Br)cc3)o2)CC1N. The molecule has 0 radical (unpaired) electrons. The molecule has 0 amide bonds. The van der Waals surface area contributed by atoms with Crippen LogP contribution in [0.5, 0.6) is 0 Å². The summed E-state index contributed by atoms with van der Waals surface area (Å²) in [7, 11) is 0. The summed E-state index contributed by atoms with van der Waals surface area (Å²) >= 11 is 3.45. The number of hydrogen-bond donors (Lipinski definition) is 1. The molecule has 2 unspecified atom stereocenters. The van der Waals surface area contributed by atoms with Gasteiger partial charge < -0.3 is 10.2 Å². The van der Waals surface area contributed by atoms with E-state index >= 15 is 0 Å². The van der Waals surface area contributed by atoms with Crippen molar-refractivity contribution in [1.29, 1.82) is 0 Å². The first-order valence-electron chi connectivity index (χ1n) is 7.44. The maximum absolute atomic E-state index is 6.16. The number of hydrogen-bond acceptors (Lipinski definition) is 3. The first kappa shape index (κ1) is 14.8. The van der Waals surface area contributed by atoms with Gasteiger partial charge in [0, 0.05) is 22.6 Å². The van der Waals surface area contributed by atoms with E-state index in [0.29, 0.717) is 5.92 Å². The Kier molecular flexibility index (Phi) is 4.48. The summed E-state index contributed by atoms with van der Waals surface area (Å²) in [6, 6.07) is 12.6. The molecule has 1 aromatic heterocycles. The molecule has 4 heteroatoms. The zero-order valence-electron chi connectivity index (χ0n) is 12.3. The molecule has 2 aromatic rings. The van der Waals surface area contributed by atoms with Crippen LogP contribution in [0.3, 0.4) is 0 Å². The number of halogens is 1. The van der Waals surface area contributed by atoms with Gasteiger partial charge in [-0.15, -0.1) is 0 Å². The molecule has 21 heavy (non-hydrogen) atoms. The van der Waals surface area contributed by atoms with Gasteiger partial charge in [0.15, 0.2) is 0 Å². The van der Waals surface area contributed by atoms with E-state index in [1.54, 1.807) is 0 Å². The van der Waals surface area contributed by atoms with Crippen LogP contribution in [0.15, 0.2) is 45.3 Å². The Labute approximate surface area is 134 Å². The average Bonchev–Trinajstić information content (AvgIpc) is 2.92. The third-order valence-electron chi connectivity index (χ3n) is 4.27. The molecule has 3 nitrogen and oxygen atoms in total. The number of nitrogens with two attached hydrogens (primary N) is 1. The van der Waals surface area contributed by atoms with Crippen LogP contribution in [-0.2, 0) is 6.54 Å². The van der Waals surface area contributed by atoms with Crippen molar-refractivity contribution in [1.82, 2.24) is 4.90 Å². The van der Waals surface area contributed by atoms with E-state index in [1.807, 2.05) is 18.2 Å². The van der Waals surface area contributed by atoms with Crippen molar-refractivity contribution in [3.8, 4) is 11.3 Å². The predicted molar refractivity (Wildman–Crippen MR) is 88.9 cm³/mol. The van der Waals surface area contributed by atoms with Crippen molar-refractivity contribution >= 4 is 15.9 Å². The van der Waals surface area contributed by atoms with Crippen LogP contribution in [0.4, 0.5) is 0 Å². The van der Waals surface area contributed by atoms with E-state index in [1.165, 1.54) is 6.42 Å². The van der Waals surface area contributed by atoms with Gasteiger partial charge in [-0.2, -0.15) is 0 Å². The lowest BCUT2D eigenvalue weighted by molar-refractivity contribution is 0.153. The highest BCUT2D eigenvalue weighted by Gasteiger charge is 2.23. The first-order valence-corrected chi connectivity index (χ1v) is 8.24. The van der Waals surface area contributed by atoms with Crippen LogP contribution in [0.2, 0.25) is 0 Å². The topological polar surface area (TPSA) is 42.4 Å². The molecular weight excluding hydrogens is 328 g/mol. The molecule has 2 heterocycles. The molecule has 2 atom stereocenters. The fourth-order valence-electron chi connectivity index (χ4n) is 2.77. The second-order valence-electron chi connectivity index (χ2n) is 5.94. The Morgan fingerprint density at radius 2 is 2.00 bits per heavy atom. The second-order valence-corrected chi connectivity index (χ2v) is 6.85. The van der Waals surface area contributed by atoms with Gasteiger partial charge in [0.1, 0.15) is 11.5 Å². The monoisotopic (exact) mass is 348 g/mol. The summed E-state index contributed by atoms with van der Waals surface area (Å²) < 4.78 is 7.05. The molecule has 1 aliphatic rings. The molecule has 1 fully saturated rings. The van der Waals surface area contributed by atoms with Gasteiger partial charge >= 0.3 is 0 Å². The predicted octanol–water partition coefficient (Wildman–Crippen LogP) is 3.88.